The van der Waals surface area contributed by atoms with Crippen LogP contribution in [-0.4, -0.2) is 69.9 Å². The quantitative estimate of drug-likeness (QED) is 0.228. The normalized spacial score (nSPS) is 11.8. The lowest BCUT2D eigenvalue weighted by molar-refractivity contribution is 0.669. The van der Waals surface area contributed by atoms with E-state index in [1.807, 2.05) is 60.7 Å². The van der Waals surface area contributed by atoms with E-state index < -0.39 is 0 Å². The highest BCUT2D eigenvalue weighted by Crippen LogP contribution is 2.40. The topological polar surface area (TPSA) is 65.0 Å². The summed E-state index contributed by atoms with van der Waals surface area (Å²) in [5, 5.41) is 6.62. The molecule has 0 amide bonds. The fourth-order valence-corrected chi connectivity index (χ4v) is 8.66. The molecule has 0 N–H and O–H groups in total. The van der Waals surface area contributed by atoms with Gasteiger partial charge in [-0.05, 0) is 34.0 Å². The molecule has 0 saturated heterocycles. The van der Waals surface area contributed by atoms with E-state index in [2.05, 4.69) is 103 Å². The van der Waals surface area contributed by atoms with Crippen molar-refractivity contribution in [2.24, 2.45) is 0 Å². The summed E-state index contributed by atoms with van der Waals surface area (Å²) in [5.41, 5.74) is 17.5. The van der Waals surface area contributed by atoms with Gasteiger partial charge in [-0.1, -0.05) is 130 Å². The predicted octanol–water partition coefficient (Wildman–Crippen LogP) is -0.700. The second-order valence-corrected chi connectivity index (χ2v) is 14.9. The molecule has 5 nitrogen and oxygen atoms in total. The van der Waals surface area contributed by atoms with Crippen molar-refractivity contribution in [2.45, 2.75) is 0 Å². The highest BCUT2D eigenvalue weighted by Gasteiger charge is 2.25. The predicted molar refractivity (Wildman–Crippen MR) is 251 cm³/mol. The van der Waals surface area contributed by atoms with Gasteiger partial charge in [-0.2, -0.15) is 0 Å². The van der Waals surface area contributed by atoms with Gasteiger partial charge in [0, 0.05) is 38.2 Å². The van der Waals surface area contributed by atoms with Crippen LogP contribution in [-0.2, 0) is 0 Å². The molecule has 0 aliphatic carbocycles. The molecule has 0 radical (unpaired) electrons. The smallest absolute Gasteiger partial charge is 0.164 e. The van der Waals surface area contributed by atoms with Crippen LogP contribution in [0.4, 0.5) is 0 Å². The molecular weight excluding hydrogens is 666 g/mol. The van der Waals surface area contributed by atoms with Crippen LogP contribution in [0.25, 0.3) is 99.9 Å². The summed E-state index contributed by atoms with van der Waals surface area (Å²) in [5.74, 6) is 1.83. The van der Waals surface area contributed by atoms with Crippen molar-refractivity contribution < 1.29 is 8.83 Å². The molecule has 0 bridgehead atoms. The fourth-order valence-electron chi connectivity index (χ4n) is 8.66. The Kier molecular flexibility index (Phi) is 7.57. The van der Waals surface area contributed by atoms with Crippen molar-refractivity contribution in [1.82, 2.24) is 15.0 Å². The van der Waals surface area contributed by atoms with Crippen LogP contribution in [0.3, 0.4) is 0 Å². The summed E-state index contributed by atoms with van der Waals surface area (Å²) in [7, 11) is 15.5. The van der Waals surface area contributed by atoms with Gasteiger partial charge in [-0.3, -0.25) is 0 Å². The number of nitrogens with zero attached hydrogens (tertiary/aromatic N) is 3. The lowest BCUT2D eigenvalue weighted by atomic mass is 9.64. The maximum atomic E-state index is 6.86. The third kappa shape index (κ3) is 4.93. The Labute approximate surface area is 324 Å². The van der Waals surface area contributed by atoms with Gasteiger partial charge in [0.1, 0.15) is 77.3 Å². The zero-order chi connectivity index (χ0) is 37.7. The Balaban J connectivity index is 1.26. The molecule has 3 heterocycles. The summed E-state index contributed by atoms with van der Waals surface area (Å²) < 4.78 is 13.1. The molecule has 0 aliphatic heterocycles. The minimum Gasteiger partial charge on any atom is -0.457 e. The van der Waals surface area contributed by atoms with Crippen molar-refractivity contribution in [3.05, 3.63) is 109 Å². The standard InChI is InChI=1S/C43H32B7N3O2/c44-32-29(30-31-33(45)34(46)36(48)38(50)40(31)55-39(30)37(49)35(32)47)22-14-6-13-21-20(22)12-7-15-23(21)42-51-41(19-9-2-1-3-10-19)52-43(53-42)25-16-8-18-27-28(25)24-11-4-5-17-26(24)54-27/h1-18H,44-50H2. The van der Waals surface area contributed by atoms with Gasteiger partial charge in [0.15, 0.2) is 17.5 Å². The van der Waals surface area contributed by atoms with Gasteiger partial charge in [0.25, 0.3) is 0 Å². The van der Waals surface area contributed by atoms with Crippen molar-refractivity contribution in [3.8, 4) is 45.3 Å². The second kappa shape index (κ2) is 12.5. The molecule has 12 heteroatoms. The zero-order valence-electron chi connectivity index (χ0n) is 32.1. The number of hydrogen-bond acceptors (Lipinski definition) is 5. The largest absolute Gasteiger partial charge is 0.457 e. The van der Waals surface area contributed by atoms with Crippen molar-refractivity contribution in [1.29, 1.82) is 0 Å². The number of furan rings is 2. The van der Waals surface area contributed by atoms with Crippen molar-refractivity contribution in [2.75, 3.05) is 0 Å². The molecule has 0 spiro atoms. The van der Waals surface area contributed by atoms with Crippen molar-refractivity contribution >= 4 is 148 Å². The Morgan fingerprint density at radius 2 is 0.873 bits per heavy atom. The van der Waals surface area contributed by atoms with Gasteiger partial charge < -0.3 is 8.83 Å². The maximum Gasteiger partial charge on any atom is 0.164 e. The molecule has 252 valence electrons. The van der Waals surface area contributed by atoms with Crippen LogP contribution >= 0.6 is 0 Å². The average molecular weight is 698 g/mol. The van der Waals surface area contributed by atoms with E-state index in [0.717, 1.165) is 66.1 Å². The second-order valence-electron chi connectivity index (χ2n) is 14.9. The third-order valence-electron chi connectivity index (χ3n) is 12.1. The molecule has 0 atom stereocenters. The first-order chi connectivity index (χ1) is 26.7. The molecule has 10 aromatic rings. The Bertz CT molecular complexity index is 3250. The highest BCUT2D eigenvalue weighted by atomic mass is 16.3. The summed E-state index contributed by atoms with van der Waals surface area (Å²) in [6.45, 7) is 0. The molecule has 3 aromatic heterocycles. The molecule has 0 saturated carbocycles. The molecule has 10 rings (SSSR count). The van der Waals surface area contributed by atoms with Gasteiger partial charge >= 0.3 is 0 Å². The zero-order valence-corrected chi connectivity index (χ0v) is 32.1. The Morgan fingerprint density at radius 3 is 1.64 bits per heavy atom. The van der Waals surface area contributed by atoms with E-state index in [1.165, 1.54) is 54.6 Å². The number of para-hydroxylation sites is 1. The number of benzene rings is 7. The van der Waals surface area contributed by atoms with Crippen LogP contribution in [0.2, 0.25) is 0 Å². The van der Waals surface area contributed by atoms with E-state index in [1.54, 1.807) is 0 Å². The number of aromatic nitrogens is 3. The SMILES string of the molecule is Bc1c(B)c(B)c2c(oc3c(B)c(B)c(B)c(-c4cccc5c(-c6nc(-c7ccccc7)nc(-c7cccc8oc9ccccc9c78)n6)cccc45)c32)c1B. The van der Waals surface area contributed by atoms with E-state index in [9.17, 15) is 0 Å². The molecule has 0 unspecified atom stereocenters. The summed E-state index contributed by atoms with van der Waals surface area (Å²) in [6.07, 6.45) is 0. The van der Waals surface area contributed by atoms with Crippen LogP contribution < -0.4 is 38.2 Å². The maximum absolute atomic E-state index is 6.86. The minimum atomic E-state index is 0.599. The molecule has 0 aliphatic rings. The van der Waals surface area contributed by atoms with Crippen LogP contribution in [0, 0.1) is 0 Å². The number of rotatable bonds is 4. The summed E-state index contributed by atoms with van der Waals surface area (Å²) in [4.78, 5) is 15.6. The first-order valence-corrected chi connectivity index (χ1v) is 18.9. The third-order valence-corrected chi connectivity index (χ3v) is 12.1. The minimum absolute atomic E-state index is 0.599. The lowest BCUT2D eigenvalue weighted by Crippen LogP contribution is -2.47. The molecular formula is C43H32B7N3O2. The van der Waals surface area contributed by atoms with E-state index in [-0.39, 0.29) is 0 Å². The van der Waals surface area contributed by atoms with Gasteiger partial charge in [-0.15, -0.1) is 5.46 Å². The lowest BCUT2D eigenvalue weighted by Gasteiger charge is -2.18. The van der Waals surface area contributed by atoms with Gasteiger partial charge in [0.05, 0.1) is 0 Å². The van der Waals surface area contributed by atoms with Gasteiger partial charge in [0.2, 0.25) is 0 Å². The number of fused-ring (bicyclic) bond motifs is 7. The van der Waals surface area contributed by atoms with Crippen LogP contribution in [0.1, 0.15) is 0 Å². The summed E-state index contributed by atoms with van der Waals surface area (Å²) >= 11 is 0. The molecule has 0 fully saturated rings. The van der Waals surface area contributed by atoms with Gasteiger partial charge in [-0.25, -0.2) is 15.0 Å². The van der Waals surface area contributed by atoms with Crippen LogP contribution in [0.5, 0.6) is 0 Å². The fraction of sp³-hybridized carbons (Fsp3) is 0. The monoisotopic (exact) mass is 699 g/mol. The van der Waals surface area contributed by atoms with E-state index in [0.29, 0.717) is 17.5 Å². The Hall–Kier alpha value is -6.14. The van der Waals surface area contributed by atoms with Crippen molar-refractivity contribution in [3.63, 3.8) is 0 Å². The Morgan fingerprint density at radius 1 is 0.345 bits per heavy atom. The van der Waals surface area contributed by atoms with E-state index in [4.69, 9.17) is 23.8 Å². The van der Waals surface area contributed by atoms with Crippen LogP contribution in [0.15, 0.2) is 118 Å². The molecule has 55 heavy (non-hydrogen) atoms. The van der Waals surface area contributed by atoms with E-state index >= 15 is 0 Å². The first-order valence-electron chi connectivity index (χ1n) is 18.9. The highest BCUT2D eigenvalue weighted by molar-refractivity contribution is 6.68. The molecule has 7 aromatic carbocycles. The summed E-state index contributed by atoms with van der Waals surface area (Å²) in [6, 6.07) is 37.5. The first kappa shape index (κ1) is 33.4. The average Bonchev–Trinajstić information content (AvgIpc) is 3.81. The number of hydrogen-bond donors (Lipinski definition) is 0.